The molecule has 1 saturated heterocycles. The molecule has 1 amide bonds. The molecule has 1 aliphatic carbocycles. The van der Waals surface area contributed by atoms with Crippen LogP contribution in [0.5, 0.6) is 0 Å². The van der Waals surface area contributed by atoms with Crippen LogP contribution in [0.25, 0.3) is 0 Å². The van der Waals surface area contributed by atoms with E-state index in [1.807, 2.05) is 0 Å². The van der Waals surface area contributed by atoms with Crippen molar-refractivity contribution in [1.29, 1.82) is 0 Å². The van der Waals surface area contributed by atoms with Crippen molar-refractivity contribution in [3.05, 3.63) is 0 Å². The van der Waals surface area contributed by atoms with Crippen LogP contribution in [-0.4, -0.2) is 47.7 Å². The van der Waals surface area contributed by atoms with Crippen molar-refractivity contribution in [3.8, 4) is 0 Å². The summed E-state index contributed by atoms with van der Waals surface area (Å²) in [5, 5.41) is 8.84. The molecule has 3 atom stereocenters. The van der Waals surface area contributed by atoms with Crippen LogP contribution >= 0.6 is 0 Å². The van der Waals surface area contributed by atoms with Gasteiger partial charge in [0, 0.05) is 19.7 Å². The minimum atomic E-state index is -0.843. The van der Waals surface area contributed by atoms with Crippen LogP contribution in [0.1, 0.15) is 32.6 Å². The van der Waals surface area contributed by atoms with Gasteiger partial charge in [-0.05, 0) is 25.7 Å². The topological polar surface area (TPSA) is 66.8 Å². The highest BCUT2D eigenvalue weighted by Gasteiger charge is 2.50. The van der Waals surface area contributed by atoms with E-state index in [0.29, 0.717) is 13.0 Å². The van der Waals surface area contributed by atoms with Gasteiger partial charge in [-0.1, -0.05) is 6.92 Å². The number of hydrogen-bond acceptors (Lipinski definition) is 3. The number of piperidine rings is 1. The Morgan fingerprint density at radius 1 is 1.39 bits per heavy atom. The van der Waals surface area contributed by atoms with Crippen molar-refractivity contribution in [2.75, 3.05) is 19.7 Å². The molecular formula is C13H21NO4. The van der Waals surface area contributed by atoms with Gasteiger partial charge in [-0.25, -0.2) is 0 Å². The van der Waals surface area contributed by atoms with Gasteiger partial charge in [-0.3, -0.25) is 9.59 Å². The smallest absolute Gasteiger partial charge is 0.307 e. The average Bonchev–Trinajstić information content (AvgIpc) is 3.16. The van der Waals surface area contributed by atoms with Crippen molar-refractivity contribution in [3.63, 3.8) is 0 Å². The summed E-state index contributed by atoms with van der Waals surface area (Å²) in [5.41, 5.74) is 0. The number of carboxylic acids is 1. The second-order valence-electron chi connectivity index (χ2n) is 5.21. The van der Waals surface area contributed by atoms with Crippen LogP contribution in [0, 0.1) is 11.8 Å². The monoisotopic (exact) mass is 255 g/mol. The Morgan fingerprint density at radius 3 is 2.78 bits per heavy atom. The van der Waals surface area contributed by atoms with E-state index in [9.17, 15) is 9.59 Å². The summed E-state index contributed by atoms with van der Waals surface area (Å²) >= 11 is 0. The SMILES string of the molecule is CCCOC1CCCN(C(=O)C2CC2C(=O)O)C1. The quantitative estimate of drug-likeness (QED) is 0.799. The summed E-state index contributed by atoms with van der Waals surface area (Å²) in [5.74, 6) is -1.57. The van der Waals surface area contributed by atoms with Gasteiger partial charge in [0.05, 0.1) is 17.9 Å². The molecule has 0 radical (unpaired) electrons. The summed E-state index contributed by atoms with van der Waals surface area (Å²) < 4.78 is 5.68. The number of carbonyl (C=O) groups excluding carboxylic acids is 1. The van der Waals surface area contributed by atoms with Crippen molar-refractivity contribution in [2.45, 2.75) is 38.7 Å². The second-order valence-corrected chi connectivity index (χ2v) is 5.21. The number of carbonyl (C=O) groups is 2. The standard InChI is InChI=1S/C13H21NO4/c1-2-6-18-9-4-3-5-14(8-9)12(15)10-7-11(10)13(16)17/h9-11H,2-8H2,1H3,(H,16,17). The maximum absolute atomic E-state index is 12.1. The zero-order valence-electron chi connectivity index (χ0n) is 10.8. The summed E-state index contributed by atoms with van der Waals surface area (Å²) in [4.78, 5) is 24.7. The lowest BCUT2D eigenvalue weighted by Gasteiger charge is -2.32. The zero-order valence-corrected chi connectivity index (χ0v) is 10.8. The van der Waals surface area contributed by atoms with E-state index in [2.05, 4.69) is 6.92 Å². The second kappa shape index (κ2) is 5.69. The molecule has 3 unspecified atom stereocenters. The number of nitrogens with zero attached hydrogens (tertiary/aromatic N) is 1. The third-order valence-electron chi connectivity index (χ3n) is 3.67. The molecule has 0 aromatic carbocycles. The number of carboxylic acid groups (broad SMARTS) is 1. The molecule has 1 heterocycles. The number of rotatable bonds is 5. The molecule has 18 heavy (non-hydrogen) atoms. The van der Waals surface area contributed by atoms with Crippen molar-refractivity contribution in [2.24, 2.45) is 11.8 Å². The highest BCUT2D eigenvalue weighted by molar-refractivity contribution is 5.89. The van der Waals surface area contributed by atoms with Crippen molar-refractivity contribution >= 4 is 11.9 Å². The molecule has 5 nitrogen and oxygen atoms in total. The highest BCUT2D eigenvalue weighted by Crippen LogP contribution is 2.40. The predicted octanol–water partition coefficient (Wildman–Crippen LogP) is 1.12. The molecule has 2 fully saturated rings. The van der Waals surface area contributed by atoms with Crippen LogP contribution in [0.15, 0.2) is 0 Å². The van der Waals surface area contributed by atoms with Gasteiger partial charge in [-0.2, -0.15) is 0 Å². The summed E-state index contributed by atoms with van der Waals surface area (Å²) in [6.07, 6.45) is 3.56. The Balaban J connectivity index is 1.82. The van der Waals surface area contributed by atoms with Gasteiger partial charge in [0.2, 0.25) is 5.91 Å². The van der Waals surface area contributed by atoms with E-state index in [0.717, 1.165) is 32.4 Å². The Morgan fingerprint density at radius 2 is 2.17 bits per heavy atom. The fourth-order valence-electron chi connectivity index (χ4n) is 2.53. The Bertz CT molecular complexity index is 331. The van der Waals surface area contributed by atoms with Gasteiger partial charge >= 0.3 is 5.97 Å². The van der Waals surface area contributed by atoms with Crippen LogP contribution in [-0.2, 0) is 14.3 Å². The molecule has 1 aliphatic heterocycles. The lowest BCUT2D eigenvalue weighted by Crippen LogP contribution is -2.44. The van der Waals surface area contributed by atoms with Crippen molar-refractivity contribution < 1.29 is 19.4 Å². The van der Waals surface area contributed by atoms with Crippen molar-refractivity contribution in [1.82, 2.24) is 4.90 Å². The highest BCUT2D eigenvalue weighted by atomic mass is 16.5. The number of hydrogen-bond donors (Lipinski definition) is 1. The number of ether oxygens (including phenoxy) is 1. The minimum absolute atomic E-state index is 0.00667. The van der Waals surface area contributed by atoms with E-state index < -0.39 is 11.9 Å². The number of aliphatic carboxylic acids is 1. The number of likely N-dealkylation sites (tertiary alicyclic amines) is 1. The molecule has 0 aromatic heterocycles. The maximum Gasteiger partial charge on any atom is 0.307 e. The van der Waals surface area contributed by atoms with Gasteiger partial charge in [-0.15, -0.1) is 0 Å². The van der Waals surface area contributed by atoms with E-state index >= 15 is 0 Å². The third-order valence-corrected chi connectivity index (χ3v) is 3.67. The van der Waals surface area contributed by atoms with Gasteiger partial charge < -0.3 is 14.7 Å². The van der Waals surface area contributed by atoms with Crippen LogP contribution in [0.3, 0.4) is 0 Å². The zero-order chi connectivity index (χ0) is 13.1. The molecule has 0 spiro atoms. The lowest BCUT2D eigenvalue weighted by atomic mass is 10.1. The molecule has 2 rings (SSSR count). The first-order valence-corrected chi connectivity index (χ1v) is 6.76. The van der Waals surface area contributed by atoms with Crippen LogP contribution in [0.4, 0.5) is 0 Å². The first kappa shape index (κ1) is 13.3. The van der Waals surface area contributed by atoms with E-state index in [1.54, 1.807) is 4.90 Å². The van der Waals surface area contributed by atoms with Gasteiger partial charge in [0.1, 0.15) is 0 Å². The van der Waals surface area contributed by atoms with Crippen LogP contribution < -0.4 is 0 Å². The van der Waals surface area contributed by atoms with E-state index in [1.165, 1.54) is 0 Å². The summed E-state index contributed by atoms with van der Waals surface area (Å²) in [7, 11) is 0. The Hall–Kier alpha value is -1.10. The molecule has 102 valence electrons. The summed E-state index contributed by atoms with van der Waals surface area (Å²) in [6, 6.07) is 0. The Labute approximate surface area is 107 Å². The normalized spacial score (nSPS) is 31.2. The fourth-order valence-corrected chi connectivity index (χ4v) is 2.53. The fraction of sp³-hybridized carbons (Fsp3) is 0.846. The van der Waals surface area contributed by atoms with Crippen LogP contribution in [0.2, 0.25) is 0 Å². The average molecular weight is 255 g/mol. The number of amides is 1. The third kappa shape index (κ3) is 3.02. The molecule has 2 aliphatic rings. The first-order chi connectivity index (χ1) is 8.63. The minimum Gasteiger partial charge on any atom is -0.481 e. The molecule has 0 bridgehead atoms. The van der Waals surface area contributed by atoms with E-state index in [4.69, 9.17) is 9.84 Å². The maximum atomic E-state index is 12.1. The molecular weight excluding hydrogens is 234 g/mol. The molecule has 5 heteroatoms. The van der Waals surface area contributed by atoms with Gasteiger partial charge in [0.15, 0.2) is 0 Å². The predicted molar refractivity (Wildman–Crippen MR) is 65.1 cm³/mol. The first-order valence-electron chi connectivity index (χ1n) is 6.76. The molecule has 0 aromatic rings. The summed E-state index contributed by atoms with van der Waals surface area (Å²) in [6.45, 7) is 4.16. The Kier molecular flexibility index (Phi) is 4.22. The van der Waals surface area contributed by atoms with E-state index in [-0.39, 0.29) is 17.9 Å². The lowest BCUT2D eigenvalue weighted by molar-refractivity contribution is -0.143. The molecule has 1 saturated carbocycles. The molecule has 1 N–H and O–H groups in total. The van der Waals surface area contributed by atoms with Gasteiger partial charge in [0.25, 0.3) is 0 Å². The largest absolute Gasteiger partial charge is 0.481 e.